The minimum Gasteiger partial charge on any atom is -0.369 e. The number of carbonyl (C=O) groups excluding carboxylic acids is 1. The number of carbonyl (C=O) groups is 1. The molecule has 1 aliphatic rings. The van der Waals surface area contributed by atoms with Gasteiger partial charge in [-0.15, -0.1) is 0 Å². The SMILES string of the molecule is CN1CCN(c2ccc(C(=O)N(C)Cc3cnc4ccccn34)cc2)CC1. The predicted molar refractivity (Wildman–Crippen MR) is 107 cm³/mol. The van der Waals surface area contributed by atoms with Crippen LogP contribution in [0.3, 0.4) is 0 Å². The van der Waals surface area contributed by atoms with Crippen LogP contribution in [0.2, 0.25) is 0 Å². The molecule has 4 rings (SSSR count). The van der Waals surface area contributed by atoms with Gasteiger partial charge >= 0.3 is 0 Å². The number of pyridine rings is 1. The molecule has 27 heavy (non-hydrogen) atoms. The van der Waals surface area contributed by atoms with Gasteiger partial charge in [0.15, 0.2) is 0 Å². The van der Waals surface area contributed by atoms with Crippen LogP contribution in [0.4, 0.5) is 5.69 Å². The molecule has 0 atom stereocenters. The molecule has 0 bridgehead atoms. The van der Waals surface area contributed by atoms with Gasteiger partial charge in [0.1, 0.15) is 5.65 Å². The molecular weight excluding hydrogens is 338 g/mol. The Bertz CT molecular complexity index is 925. The smallest absolute Gasteiger partial charge is 0.253 e. The molecule has 1 saturated heterocycles. The molecule has 0 unspecified atom stereocenters. The van der Waals surface area contributed by atoms with E-state index in [1.165, 1.54) is 5.69 Å². The van der Waals surface area contributed by atoms with E-state index >= 15 is 0 Å². The molecule has 3 aromatic rings. The Morgan fingerprint density at radius 2 is 1.81 bits per heavy atom. The molecule has 0 spiro atoms. The van der Waals surface area contributed by atoms with E-state index in [2.05, 4.69) is 34.0 Å². The molecule has 1 aromatic carbocycles. The number of fused-ring (bicyclic) bond motifs is 1. The molecule has 0 aliphatic carbocycles. The average molecular weight is 363 g/mol. The standard InChI is InChI=1S/C21H25N5O/c1-23-11-13-25(14-12-23)18-8-6-17(7-9-18)21(27)24(2)16-19-15-22-20-5-3-4-10-26(19)20/h3-10,15H,11-14,16H2,1-2H3. The first kappa shape index (κ1) is 17.5. The van der Waals surface area contributed by atoms with Gasteiger partial charge in [-0.25, -0.2) is 4.98 Å². The summed E-state index contributed by atoms with van der Waals surface area (Å²) in [6, 6.07) is 13.9. The molecule has 0 radical (unpaired) electrons. The maximum absolute atomic E-state index is 12.8. The fourth-order valence-corrected chi connectivity index (χ4v) is 3.52. The van der Waals surface area contributed by atoms with E-state index in [0.29, 0.717) is 12.1 Å². The van der Waals surface area contributed by atoms with E-state index in [-0.39, 0.29) is 5.91 Å². The molecule has 2 aromatic heterocycles. The molecular formula is C21H25N5O. The Labute approximate surface area is 159 Å². The summed E-state index contributed by atoms with van der Waals surface area (Å²) in [6.07, 6.45) is 3.80. The van der Waals surface area contributed by atoms with Gasteiger partial charge in [-0.1, -0.05) is 6.07 Å². The average Bonchev–Trinajstić information content (AvgIpc) is 3.11. The second kappa shape index (κ2) is 7.40. The van der Waals surface area contributed by atoms with Crippen molar-refractivity contribution in [2.24, 2.45) is 0 Å². The van der Waals surface area contributed by atoms with Crippen LogP contribution in [0, 0.1) is 0 Å². The summed E-state index contributed by atoms with van der Waals surface area (Å²) < 4.78 is 2.01. The van der Waals surface area contributed by atoms with Crippen LogP contribution in [0.1, 0.15) is 16.1 Å². The number of anilines is 1. The first-order chi connectivity index (χ1) is 13.1. The van der Waals surface area contributed by atoms with Gasteiger partial charge in [0, 0.05) is 50.7 Å². The molecule has 1 amide bonds. The number of benzene rings is 1. The van der Waals surface area contributed by atoms with Crippen LogP contribution in [0.25, 0.3) is 5.65 Å². The third-order valence-electron chi connectivity index (χ3n) is 5.22. The van der Waals surface area contributed by atoms with Crippen LogP contribution in [0.5, 0.6) is 0 Å². The topological polar surface area (TPSA) is 44.1 Å². The van der Waals surface area contributed by atoms with Crippen molar-refractivity contribution in [3.63, 3.8) is 0 Å². The zero-order chi connectivity index (χ0) is 18.8. The van der Waals surface area contributed by atoms with Gasteiger partial charge in [0.2, 0.25) is 0 Å². The molecule has 6 heteroatoms. The highest BCUT2D eigenvalue weighted by Crippen LogP contribution is 2.18. The molecule has 1 fully saturated rings. The van der Waals surface area contributed by atoms with Crippen LogP contribution < -0.4 is 4.90 Å². The Kier molecular flexibility index (Phi) is 4.81. The predicted octanol–water partition coefficient (Wildman–Crippen LogP) is 2.36. The molecule has 140 valence electrons. The van der Waals surface area contributed by atoms with Gasteiger partial charge < -0.3 is 19.1 Å². The van der Waals surface area contributed by atoms with E-state index in [0.717, 1.165) is 37.5 Å². The number of piperazine rings is 1. The summed E-state index contributed by atoms with van der Waals surface area (Å²) in [6.45, 7) is 4.71. The highest BCUT2D eigenvalue weighted by molar-refractivity contribution is 5.94. The highest BCUT2D eigenvalue weighted by Gasteiger charge is 2.17. The van der Waals surface area contributed by atoms with Gasteiger partial charge in [0.05, 0.1) is 18.4 Å². The summed E-state index contributed by atoms with van der Waals surface area (Å²) in [7, 11) is 3.98. The van der Waals surface area contributed by atoms with E-state index < -0.39 is 0 Å². The third-order valence-corrected chi connectivity index (χ3v) is 5.22. The third kappa shape index (κ3) is 3.66. The van der Waals surface area contributed by atoms with Crippen molar-refractivity contribution >= 4 is 17.2 Å². The van der Waals surface area contributed by atoms with Crippen LogP contribution in [0.15, 0.2) is 54.9 Å². The second-order valence-corrected chi connectivity index (χ2v) is 7.18. The lowest BCUT2D eigenvalue weighted by atomic mass is 10.1. The van der Waals surface area contributed by atoms with Crippen LogP contribution in [-0.2, 0) is 6.54 Å². The van der Waals surface area contributed by atoms with Crippen molar-refractivity contribution in [2.45, 2.75) is 6.54 Å². The van der Waals surface area contributed by atoms with E-state index in [1.54, 1.807) is 4.90 Å². The Balaban J connectivity index is 1.44. The lowest BCUT2D eigenvalue weighted by Gasteiger charge is -2.34. The number of amides is 1. The Hall–Kier alpha value is -2.86. The fourth-order valence-electron chi connectivity index (χ4n) is 3.52. The van der Waals surface area contributed by atoms with Gasteiger partial charge in [-0.3, -0.25) is 4.79 Å². The van der Waals surface area contributed by atoms with E-state index in [1.807, 2.05) is 54.2 Å². The molecule has 0 saturated carbocycles. The summed E-state index contributed by atoms with van der Waals surface area (Å²) in [4.78, 5) is 23.6. The number of hydrogen-bond donors (Lipinski definition) is 0. The lowest BCUT2D eigenvalue weighted by molar-refractivity contribution is 0.0783. The minimum atomic E-state index is 0.0193. The quantitative estimate of drug-likeness (QED) is 0.714. The van der Waals surface area contributed by atoms with Gasteiger partial charge in [-0.05, 0) is 43.4 Å². The fraction of sp³-hybridized carbons (Fsp3) is 0.333. The molecule has 3 heterocycles. The number of likely N-dealkylation sites (N-methyl/N-ethyl adjacent to an activating group) is 1. The Morgan fingerprint density at radius 3 is 2.56 bits per heavy atom. The minimum absolute atomic E-state index is 0.0193. The number of imidazole rings is 1. The van der Waals surface area contributed by atoms with E-state index in [4.69, 9.17) is 0 Å². The summed E-state index contributed by atoms with van der Waals surface area (Å²) in [5.41, 5.74) is 3.79. The van der Waals surface area contributed by atoms with Gasteiger partial charge in [-0.2, -0.15) is 0 Å². The number of hydrogen-bond acceptors (Lipinski definition) is 4. The van der Waals surface area contributed by atoms with Crippen molar-refractivity contribution in [1.29, 1.82) is 0 Å². The summed E-state index contributed by atoms with van der Waals surface area (Å²) in [5.74, 6) is 0.0193. The zero-order valence-corrected chi connectivity index (χ0v) is 15.9. The number of aromatic nitrogens is 2. The van der Waals surface area contributed by atoms with Crippen molar-refractivity contribution in [1.82, 2.24) is 19.2 Å². The number of nitrogens with zero attached hydrogens (tertiary/aromatic N) is 5. The van der Waals surface area contributed by atoms with Crippen molar-refractivity contribution in [3.05, 3.63) is 66.1 Å². The van der Waals surface area contributed by atoms with Crippen molar-refractivity contribution in [2.75, 3.05) is 45.2 Å². The number of rotatable bonds is 4. The monoisotopic (exact) mass is 363 g/mol. The first-order valence-corrected chi connectivity index (χ1v) is 9.32. The molecule has 6 nitrogen and oxygen atoms in total. The van der Waals surface area contributed by atoms with Crippen LogP contribution in [-0.4, -0.2) is 65.4 Å². The zero-order valence-electron chi connectivity index (χ0n) is 15.9. The van der Waals surface area contributed by atoms with E-state index in [9.17, 15) is 4.79 Å². The lowest BCUT2D eigenvalue weighted by Crippen LogP contribution is -2.44. The normalized spacial score (nSPS) is 15.3. The highest BCUT2D eigenvalue weighted by atomic mass is 16.2. The maximum atomic E-state index is 12.8. The Morgan fingerprint density at radius 1 is 1.07 bits per heavy atom. The molecule has 0 N–H and O–H groups in total. The summed E-state index contributed by atoms with van der Waals surface area (Å²) in [5, 5.41) is 0. The first-order valence-electron chi connectivity index (χ1n) is 9.32. The van der Waals surface area contributed by atoms with Crippen LogP contribution >= 0.6 is 0 Å². The molecule has 1 aliphatic heterocycles. The van der Waals surface area contributed by atoms with Crippen molar-refractivity contribution < 1.29 is 4.79 Å². The second-order valence-electron chi connectivity index (χ2n) is 7.18. The van der Waals surface area contributed by atoms with Crippen molar-refractivity contribution in [3.8, 4) is 0 Å². The summed E-state index contributed by atoms with van der Waals surface area (Å²) >= 11 is 0. The largest absolute Gasteiger partial charge is 0.369 e. The van der Waals surface area contributed by atoms with Gasteiger partial charge in [0.25, 0.3) is 5.91 Å². The maximum Gasteiger partial charge on any atom is 0.253 e.